The van der Waals surface area contributed by atoms with E-state index in [-0.39, 0.29) is 19.1 Å². The van der Waals surface area contributed by atoms with Gasteiger partial charge in [-0.2, -0.15) is 8.78 Å². The monoisotopic (exact) mass is 394 g/mol. The molecule has 10 heteroatoms. The van der Waals surface area contributed by atoms with Gasteiger partial charge >= 0.3 is 6.61 Å². The molecule has 0 saturated heterocycles. The Hall–Kier alpha value is -3.30. The fourth-order valence-electron chi connectivity index (χ4n) is 2.55. The van der Waals surface area contributed by atoms with Crippen LogP contribution in [0.25, 0.3) is 0 Å². The van der Waals surface area contributed by atoms with Crippen molar-refractivity contribution in [3.63, 3.8) is 0 Å². The van der Waals surface area contributed by atoms with Crippen LogP contribution in [0, 0.1) is 0 Å². The third-order valence-corrected chi connectivity index (χ3v) is 3.87. The summed E-state index contributed by atoms with van der Waals surface area (Å²) in [5.41, 5.74) is 1.24. The average molecular weight is 394 g/mol. The van der Waals surface area contributed by atoms with Crippen molar-refractivity contribution in [2.45, 2.75) is 19.7 Å². The van der Waals surface area contributed by atoms with E-state index in [1.807, 2.05) is 12.1 Å². The van der Waals surface area contributed by atoms with Gasteiger partial charge in [0, 0.05) is 31.3 Å². The first-order valence-corrected chi connectivity index (χ1v) is 8.41. The van der Waals surface area contributed by atoms with Crippen LogP contribution in [-0.2, 0) is 13.1 Å². The van der Waals surface area contributed by atoms with Crippen LogP contribution in [0.15, 0.2) is 35.3 Å². The molecule has 0 saturated carbocycles. The number of benzene rings is 1. The first kappa shape index (κ1) is 19.5. The van der Waals surface area contributed by atoms with Crippen LogP contribution in [0.2, 0.25) is 0 Å². The van der Waals surface area contributed by atoms with Gasteiger partial charge in [0.25, 0.3) is 0 Å². The number of methoxy groups -OCH3 is 1. The van der Waals surface area contributed by atoms with E-state index in [4.69, 9.17) is 14.2 Å². The second-order valence-corrected chi connectivity index (χ2v) is 5.64. The highest BCUT2D eigenvalue weighted by Gasteiger charge is 2.20. The normalized spacial score (nSPS) is 12.8. The predicted octanol–water partition coefficient (Wildman–Crippen LogP) is 2.29. The number of rotatable bonds is 7. The predicted molar refractivity (Wildman–Crippen MR) is 97.0 cm³/mol. The van der Waals surface area contributed by atoms with Gasteiger partial charge in [0.1, 0.15) is 5.75 Å². The molecule has 0 radical (unpaired) electrons. The van der Waals surface area contributed by atoms with Crippen molar-refractivity contribution in [1.29, 1.82) is 0 Å². The highest BCUT2D eigenvalue weighted by atomic mass is 19.3. The molecule has 3 rings (SSSR count). The number of hydrogen-bond donors (Lipinski definition) is 2. The number of nitrogens with one attached hydrogen (secondary N) is 2. The molecular formula is C18H20F2N4O4. The standard InChI is InChI=1S/C18H20F2N4O4/c1-21-18(23-9-12-4-3-5-16(24-12)25-2)22-8-11-6-14-15(27-10-26-14)7-13(11)28-17(19)20/h3-7,17H,8-10H2,1-2H3,(H2,21,22,23). The van der Waals surface area contributed by atoms with Crippen LogP contribution in [-0.4, -0.2) is 38.5 Å². The summed E-state index contributed by atoms with van der Waals surface area (Å²) < 4.78 is 45.6. The lowest BCUT2D eigenvalue weighted by atomic mass is 10.1. The summed E-state index contributed by atoms with van der Waals surface area (Å²) in [6.45, 7) is -2.32. The summed E-state index contributed by atoms with van der Waals surface area (Å²) in [6, 6.07) is 8.42. The molecule has 1 aliphatic heterocycles. The van der Waals surface area contributed by atoms with E-state index >= 15 is 0 Å². The number of guanidine groups is 1. The minimum atomic E-state index is -2.95. The number of hydrogen-bond acceptors (Lipinski definition) is 6. The van der Waals surface area contributed by atoms with Crippen LogP contribution < -0.4 is 29.6 Å². The van der Waals surface area contributed by atoms with E-state index < -0.39 is 6.61 Å². The summed E-state index contributed by atoms with van der Waals surface area (Å²) in [4.78, 5) is 8.41. The number of alkyl halides is 2. The number of ether oxygens (including phenoxy) is 4. The molecular weight excluding hydrogens is 374 g/mol. The van der Waals surface area contributed by atoms with Gasteiger partial charge < -0.3 is 29.6 Å². The molecule has 0 unspecified atom stereocenters. The van der Waals surface area contributed by atoms with Gasteiger partial charge in [-0.25, -0.2) is 4.98 Å². The van der Waals surface area contributed by atoms with E-state index in [2.05, 4.69) is 25.3 Å². The summed E-state index contributed by atoms with van der Waals surface area (Å²) in [6.07, 6.45) is 0. The highest BCUT2D eigenvalue weighted by molar-refractivity contribution is 5.79. The highest BCUT2D eigenvalue weighted by Crippen LogP contribution is 2.38. The molecule has 28 heavy (non-hydrogen) atoms. The Morgan fingerprint density at radius 3 is 2.68 bits per heavy atom. The lowest BCUT2D eigenvalue weighted by molar-refractivity contribution is -0.0505. The zero-order valence-corrected chi connectivity index (χ0v) is 15.4. The minimum Gasteiger partial charge on any atom is -0.481 e. The third-order valence-electron chi connectivity index (χ3n) is 3.87. The number of nitrogens with zero attached hydrogens (tertiary/aromatic N) is 2. The molecule has 2 N–H and O–H groups in total. The van der Waals surface area contributed by atoms with Crippen LogP contribution in [0.4, 0.5) is 8.78 Å². The van der Waals surface area contributed by atoms with Gasteiger partial charge in [0.15, 0.2) is 17.5 Å². The number of aromatic nitrogens is 1. The van der Waals surface area contributed by atoms with E-state index in [0.717, 1.165) is 5.69 Å². The van der Waals surface area contributed by atoms with Gasteiger partial charge in [-0.3, -0.25) is 4.99 Å². The molecule has 0 atom stereocenters. The fourth-order valence-corrected chi connectivity index (χ4v) is 2.55. The minimum absolute atomic E-state index is 0.0108. The molecule has 0 aliphatic carbocycles. The summed E-state index contributed by atoms with van der Waals surface area (Å²) in [7, 11) is 3.15. The van der Waals surface area contributed by atoms with Crippen molar-refractivity contribution in [3.8, 4) is 23.1 Å². The molecule has 2 aromatic rings. The Labute approximate surface area is 160 Å². The van der Waals surface area contributed by atoms with Crippen molar-refractivity contribution in [2.24, 2.45) is 4.99 Å². The van der Waals surface area contributed by atoms with Crippen molar-refractivity contribution in [2.75, 3.05) is 21.0 Å². The van der Waals surface area contributed by atoms with Gasteiger partial charge in [-0.1, -0.05) is 6.07 Å². The average Bonchev–Trinajstić information content (AvgIpc) is 3.15. The maximum atomic E-state index is 12.7. The number of aliphatic imine (C=N–C) groups is 1. The molecule has 8 nitrogen and oxygen atoms in total. The van der Waals surface area contributed by atoms with E-state index in [0.29, 0.717) is 35.4 Å². The lowest BCUT2D eigenvalue weighted by Gasteiger charge is -2.15. The van der Waals surface area contributed by atoms with Crippen LogP contribution in [0.1, 0.15) is 11.3 Å². The topological polar surface area (TPSA) is 86.2 Å². The van der Waals surface area contributed by atoms with Crippen molar-refractivity contribution in [3.05, 3.63) is 41.6 Å². The lowest BCUT2D eigenvalue weighted by Crippen LogP contribution is -2.36. The molecule has 0 fully saturated rings. The molecule has 2 heterocycles. The molecule has 0 spiro atoms. The Balaban J connectivity index is 1.64. The van der Waals surface area contributed by atoms with Crippen LogP contribution >= 0.6 is 0 Å². The number of pyridine rings is 1. The van der Waals surface area contributed by atoms with Crippen molar-refractivity contribution < 1.29 is 27.7 Å². The Morgan fingerprint density at radius 2 is 1.96 bits per heavy atom. The Morgan fingerprint density at radius 1 is 1.21 bits per heavy atom. The van der Waals surface area contributed by atoms with Gasteiger partial charge in [0.05, 0.1) is 19.3 Å². The maximum absolute atomic E-state index is 12.7. The summed E-state index contributed by atoms with van der Waals surface area (Å²) in [5.74, 6) is 1.83. The molecule has 0 bridgehead atoms. The number of fused-ring (bicyclic) bond motifs is 1. The SMILES string of the molecule is CN=C(NCc1cccc(OC)n1)NCc1cc2c(cc1OC(F)F)OCO2. The smallest absolute Gasteiger partial charge is 0.387 e. The summed E-state index contributed by atoms with van der Waals surface area (Å²) >= 11 is 0. The molecule has 0 amide bonds. The summed E-state index contributed by atoms with van der Waals surface area (Å²) in [5, 5.41) is 6.14. The first-order valence-electron chi connectivity index (χ1n) is 8.41. The zero-order valence-electron chi connectivity index (χ0n) is 15.4. The number of halogens is 2. The Bertz CT molecular complexity index is 848. The molecule has 1 aromatic heterocycles. The zero-order chi connectivity index (χ0) is 19.9. The van der Waals surface area contributed by atoms with Crippen molar-refractivity contribution in [1.82, 2.24) is 15.6 Å². The Kier molecular flexibility index (Phi) is 6.30. The molecule has 150 valence electrons. The third kappa shape index (κ3) is 4.90. The van der Waals surface area contributed by atoms with Crippen molar-refractivity contribution >= 4 is 5.96 Å². The molecule has 1 aromatic carbocycles. The van der Waals surface area contributed by atoms with Gasteiger partial charge in [0.2, 0.25) is 12.7 Å². The van der Waals surface area contributed by atoms with Gasteiger partial charge in [-0.05, 0) is 12.1 Å². The first-order chi connectivity index (χ1) is 13.6. The second-order valence-electron chi connectivity index (χ2n) is 5.64. The maximum Gasteiger partial charge on any atom is 0.387 e. The quantitative estimate of drug-likeness (QED) is 0.550. The molecule has 1 aliphatic rings. The van der Waals surface area contributed by atoms with Gasteiger partial charge in [-0.15, -0.1) is 0 Å². The van der Waals surface area contributed by atoms with Crippen LogP contribution in [0.3, 0.4) is 0 Å². The van der Waals surface area contributed by atoms with E-state index in [9.17, 15) is 8.78 Å². The van der Waals surface area contributed by atoms with E-state index in [1.54, 1.807) is 26.3 Å². The largest absolute Gasteiger partial charge is 0.481 e. The second kappa shape index (κ2) is 9.07. The van der Waals surface area contributed by atoms with E-state index in [1.165, 1.54) is 6.07 Å². The fraction of sp³-hybridized carbons (Fsp3) is 0.333. The van der Waals surface area contributed by atoms with Crippen LogP contribution in [0.5, 0.6) is 23.1 Å².